The van der Waals surface area contributed by atoms with E-state index < -0.39 is 5.97 Å². The minimum atomic E-state index is -0.694. The van der Waals surface area contributed by atoms with Gasteiger partial charge < -0.3 is 9.84 Å². The first-order valence-corrected chi connectivity index (χ1v) is 10.8. The van der Waals surface area contributed by atoms with E-state index in [1.165, 1.54) is 22.3 Å². The zero-order chi connectivity index (χ0) is 21.7. The zero-order valence-corrected chi connectivity index (χ0v) is 18.7. The number of benzene rings is 2. The summed E-state index contributed by atoms with van der Waals surface area (Å²) < 4.78 is 6.03. The maximum absolute atomic E-state index is 10.9. The Kier molecular flexibility index (Phi) is 7.57. The summed E-state index contributed by atoms with van der Waals surface area (Å²) in [5, 5.41) is 9.73. The lowest BCUT2D eigenvalue weighted by Gasteiger charge is -2.35. The monoisotopic (exact) mass is 427 g/mol. The summed E-state index contributed by atoms with van der Waals surface area (Å²) in [4.78, 5) is 13.1. The molecule has 4 nitrogen and oxygen atoms in total. The van der Waals surface area contributed by atoms with E-state index in [2.05, 4.69) is 56.0 Å². The number of carboxylic acids is 1. The number of carboxylic acid groups (broad SMARTS) is 1. The molecule has 0 radical (unpaired) electrons. The van der Waals surface area contributed by atoms with Gasteiger partial charge in [0.1, 0.15) is 5.75 Å². The topological polar surface area (TPSA) is 49.8 Å². The molecular formula is C25H30ClNO3. The molecule has 1 heterocycles. The van der Waals surface area contributed by atoms with Gasteiger partial charge in [0, 0.05) is 24.7 Å². The molecule has 1 fully saturated rings. The minimum Gasteiger partial charge on any atom is -0.493 e. The molecule has 0 amide bonds. The molecule has 1 atom stereocenters. The van der Waals surface area contributed by atoms with Crippen LogP contribution in [0.5, 0.6) is 5.75 Å². The highest BCUT2D eigenvalue weighted by molar-refractivity contribution is 6.30. The van der Waals surface area contributed by atoms with E-state index in [1.54, 1.807) is 0 Å². The lowest BCUT2D eigenvalue weighted by Crippen LogP contribution is -2.50. The first kappa shape index (κ1) is 22.4. The molecule has 3 rings (SSSR count). The van der Waals surface area contributed by atoms with Crippen molar-refractivity contribution in [3.05, 3.63) is 70.3 Å². The Bertz CT molecular complexity index is 901. The molecular weight excluding hydrogens is 398 g/mol. The summed E-state index contributed by atoms with van der Waals surface area (Å²) in [5.74, 6) is 0.387. The molecule has 5 heteroatoms. The lowest BCUT2D eigenvalue weighted by molar-refractivity contribution is -0.147. The second-order valence-electron chi connectivity index (χ2n) is 8.36. The fraction of sp³-hybridized carbons (Fsp3) is 0.400. The predicted octanol–water partition coefficient (Wildman–Crippen LogP) is 5.33. The number of rotatable bonds is 9. The standard InChI is InChI=1S/C25H30ClNO3/c1-17(12-20-4-6-22(26)7-5-20)16-30-23-8-9-24(19(3)13-23)18(2)10-11-27-14-21(15-27)25(28)29/h4-10,13,17,21H,11-12,14-16H2,1-3H3,(H,28,29)/b18-10+/t17-/m0/s1. The first-order chi connectivity index (χ1) is 14.3. The molecule has 1 aliphatic heterocycles. The Morgan fingerprint density at radius 3 is 2.60 bits per heavy atom. The molecule has 160 valence electrons. The second kappa shape index (κ2) is 10.1. The normalized spacial score (nSPS) is 16.2. The van der Waals surface area contributed by atoms with Crippen molar-refractivity contribution >= 4 is 23.1 Å². The fourth-order valence-electron chi connectivity index (χ4n) is 3.74. The van der Waals surface area contributed by atoms with Gasteiger partial charge in [0.25, 0.3) is 0 Å². The van der Waals surface area contributed by atoms with Crippen LogP contribution in [-0.2, 0) is 11.2 Å². The summed E-state index contributed by atoms with van der Waals surface area (Å²) >= 11 is 5.95. The molecule has 0 unspecified atom stereocenters. The molecule has 1 saturated heterocycles. The smallest absolute Gasteiger partial charge is 0.309 e. The average molecular weight is 428 g/mol. The number of carbonyl (C=O) groups is 1. The van der Waals surface area contributed by atoms with Crippen molar-refractivity contribution < 1.29 is 14.6 Å². The van der Waals surface area contributed by atoms with Gasteiger partial charge in [-0.1, -0.05) is 42.8 Å². The van der Waals surface area contributed by atoms with E-state index in [4.69, 9.17) is 21.4 Å². The predicted molar refractivity (Wildman–Crippen MR) is 122 cm³/mol. The summed E-state index contributed by atoms with van der Waals surface area (Å²) in [5.41, 5.74) is 4.85. The second-order valence-corrected chi connectivity index (χ2v) is 8.80. The molecule has 0 bridgehead atoms. The summed E-state index contributed by atoms with van der Waals surface area (Å²) in [6.45, 7) is 9.11. The van der Waals surface area contributed by atoms with Gasteiger partial charge in [-0.05, 0) is 72.7 Å². The fourth-order valence-corrected chi connectivity index (χ4v) is 3.87. The number of hydrogen-bond donors (Lipinski definition) is 1. The number of halogens is 1. The van der Waals surface area contributed by atoms with Crippen LogP contribution in [0.15, 0.2) is 48.5 Å². The third-order valence-corrected chi connectivity index (χ3v) is 5.87. The summed E-state index contributed by atoms with van der Waals surface area (Å²) in [7, 11) is 0. The van der Waals surface area contributed by atoms with Crippen molar-refractivity contribution in [3.8, 4) is 5.75 Å². The number of hydrogen-bond acceptors (Lipinski definition) is 3. The molecule has 2 aromatic rings. The Labute approximate surface area is 184 Å². The van der Waals surface area contributed by atoms with Crippen LogP contribution in [0, 0.1) is 18.8 Å². The van der Waals surface area contributed by atoms with E-state index in [-0.39, 0.29) is 5.92 Å². The minimum absolute atomic E-state index is 0.209. The highest BCUT2D eigenvalue weighted by Gasteiger charge is 2.31. The average Bonchev–Trinajstić information content (AvgIpc) is 2.66. The highest BCUT2D eigenvalue weighted by atomic mass is 35.5. The number of aryl methyl sites for hydroxylation is 1. The van der Waals surface area contributed by atoms with Gasteiger partial charge >= 0.3 is 5.97 Å². The number of aliphatic carboxylic acids is 1. The molecule has 2 aromatic carbocycles. The quantitative estimate of drug-likeness (QED) is 0.587. The highest BCUT2D eigenvalue weighted by Crippen LogP contribution is 2.25. The third-order valence-electron chi connectivity index (χ3n) is 5.62. The molecule has 1 N–H and O–H groups in total. The van der Waals surface area contributed by atoms with Gasteiger partial charge in [-0.2, -0.15) is 0 Å². The van der Waals surface area contributed by atoms with Gasteiger partial charge in [0.2, 0.25) is 0 Å². The van der Waals surface area contributed by atoms with E-state index in [0.717, 1.165) is 23.7 Å². The maximum Gasteiger partial charge on any atom is 0.309 e. The van der Waals surface area contributed by atoms with Crippen LogP contribution in [0.1, 0.15) is 30.5 Å². The summed E-state index contributed by atoms with van der Waals surface area (Å²) in [6.07, 6.45) is 3.13. The van der Waals surface area contributed by atoms with Crippen molar-refractivity contribution in [2.75, 3.05) is 26.2 Å². The van der Waals surface area contributed by atoms with Gasteiger partial charge in [-0.15, -0.1) is 0 Å². The number of allylic oxidation sites excluding steroid dienone is 1. The van der Waals surface area contributed by atoms with Crippen LogP contribution < -0.4 is 4.74 Å². The Morgan fingerprint density at radius 2 is 1.97 bits per heavy atom. The molecule has 0 saturated carbocycles. The summed E-state index contributed by atoms with van der Waals surface area (Å²) in [6, 6.07) is 14.2. The number of ether oxygens (including phenoxy) is 1. The van der Waals surface area contributed by atoms with Crippen molar-refractivity contribution in [2.24, 2.45) is 11.8 Å². The van der Waals surface area contributed by atoms with Crippen molar-refractivity contribution in [1.82, 2.24) is 4.90 Å². The maximum atomic E-state index is 10.9. The lowest BCUT2D eigenvalue weighted by atomic mass is 9.98. The largest absolute Gasteiger partial charge is 0.493 e. The first-order valence-electron chi connectivity index (χ1n) is 10.4. The van der Waals surface area contributed by atoms with Crippen LogP contribution in [0.4, 0.5) is 0 Å². The number of nitrogens with zero attached hydrogens (tertiary/aromatic N) is 1. The van der Waals surface area contributed by atoms with Crippen LogP contribution in [0.2, 0.25) is 5.02 Å². The van der Waals surface area contributed by atoms with Crippen LogP contribution in [0.3, 0.4) is 0 Å². The van der Waals surface area contributed by atoms with E-state index >= 15 is 0 Å². The van der Waals surface area contributed by atoms with Gasteiger partial charge in [0.15, 0.2) is 0 Å². The Hall–Kier alpha value is -2.30. The SMILES string of the molecule is C/C(=C\CN1CC(C(=O)O)C1)c1ccc(OC[C@@H](C)Cc2ccc(Cl)cc2)cc1C. The van der Waals surface area contributed by atoms with Crippen LogP contribution in [-0.4, -0.2) is 42.2 Å². The molecule has 1 aliphatic rings. The Morgan fingerprint density at radius 1 is 1.27 bits per heavy atom. The van der Waals surface area contributed by atoms with Crippen LogP contribution >= 0.6 is 11.6 Å². The van der Waals surface area contributed by atoms with Crippen molar-refractivity contribution in [3.63, 3.8) is 0 Å². The van der Waals surface area contributed by atoms with Gasteiger partial charge in [0.05, 0.1) is 12.5 Å². The Balaban J connectivity index is 1.50. The van der Waals surface area contributed by atoms with E-state index in [1.807, 2.05) is 18.2 Å². The van der Waals surface area contributed by atoms with E-state index in [0.29, 0.717) is 25.6 Å². The van der Waals surface area contributed by atoms with Crippen molar-refractivity contribution in [1.29, 1.82) is 0 Å². The molecule has 0 aromatic heterocycles. The van der Waals surface area contributed by atoms with Gasteiger partial charge in [-0.25, -0.2) is 0 Å². The zero-order valence-electron chi connectivity index (χ0n) is 17.9. The van der Waals surface area contributed by atoms with Crippen molar-refractivity contribution in [2.45, 2.75) is 27.2 Å². The third kappa shape index (κ3) is 6.10. The number of likely N-dealkylation sites (tertiary alicyclic amines) is 1. The molecule has 0 spiro atoms. The molecule has 30 heavy (non-hydrogen) atoms. The van der Waals surface area contributed by atoms with Gasteiger partial charge in [-0.3, -0.25) is 9.69 Å². The van der Waals surface area contributed by atoms with Crippen LogP contribution in [0.25, 0.3) is 5.57 Å². The van der Waals surface area contributed by atoms with E-state index in [9.17, 15) is 4.79 Å². The molecule has 0 aliphatic carbocycles.